The van der Waals surface area contributed by atoms with Gasteiger partial charge in [-0.1, -0.05) is 6.08 Å². The quantitative estimate of drug-likeness (QED) is 0.496. The van der Waals surface area contributed by atoms with Crippen molar-refractivity contribution in [1.29, 1.82) is 0 Å². The maximum atomic E-state index is 11.6. The summed E-state index contributed by atoms with van der Waals surface area (Å²) in [5, 5.41) is 5.95. The van der Waals surface area contributed by atoms with E-state index in [4.69, 9.17) is 4.74 Å². The molecule has 0 aromatic heterocycles. The third-order valence-corrected chi connectivity index (χ3v) is 3.16. The van der Waals surface area contributed by atoms with Gasteiger partial charge in [-0.3, -0.25) is 9.69 Å². The van der Waals surface area contributed by atoms with Crippen LogP contribution in [-0.4, -0.2) is 62.3 Å². The van der Waals surface area contributed by atoms with Crippen LogP contribution in [0.5, 0.6) is 0 Å². The molecule has 1 aliphatic rings. The number of ether oxygens (including phenoxy) is 1. The first kappa shape index (κ1) is 15.1. The fraction of sp³-hybridized carbons (Fsp3) is 0.769. The molecule has 0 aromatic rings. The number of nitrogens with zero attached hydrogens (tertiary/aromatic N) is 1. The summed E-state index contributed by atoms with van der Waals surface area (Å²) in [4.78, 5) is 14.0. The largest absolute Gasteiger partial charge is 0.379 e. The minimum Gasteiger partial charge on any atom is -0.379 e. The predicted molar refractivity (Wildman–Crippen MR) is 72.5 cm³/mol. The maximum Gasteiger partial charge on any atom is 0.234 e. The van der Waals surface area contributed by atoms with Crippen molar-refractivity contribution in [3.8, 4) is 0 Å². The number of hydrogen-bond acceptors (Lipinski definition) is 4. The Morgan fingerprint density at radius 1 is 1.44 bits per heavy atom. The van der Waals surface area contributed by atoms with Crippen molar-refractivity contribution in [1.82, 2.24) is 15.5 Å². The first-order chi connectivity index (χ1) is 8.56. The van der Waals surface area contributed by atoms with Crippen LogP contribution in [0, 0.1) is 0 Å². The molecule has 0 aromatic carbocycles. The smallest absolute Gasteiger partial charge is 0.234 e. The summed E-state index contributed by atoms with van der Waals surface area (Å²) in [6.07, 6.45) is 1.74. The highest BCUT2D eigenvalue weighted by Gasteiger charge is 2.28. The van der Waals surface area contributed by atoms with Crippen molar-refractivity contribution in [2.45, 2.75) is 19.4 Å². The standard InChI is InChI=1S/C13H25N3O2/c1-4-5-14-10-12(17)15-11-13(2,3)16-6-8-18-9-7-16/h4,14H,1,5-11H2,2-3H3,(H,15,17). The van der Waals surface area contributed by atoms with Gasteiger partial charge in [0.25, 0.3) is 0 Å². The number of amides is 1. The molecule has 0 unspecified atom stereocenters. The molecule has 1 heterocycles. The highest BCUT2D eigenvalue weighted by molar-refractivity contribution is 5.78. The second-order valence-corrected chi connectivity index (χ2v) is 5.11. The maximum absolute atomic E-state index is 11.6. The third-order valence-electron chi connectivity index (χ3n) is 3.16. The van der Waals surface area contributed by atoms with E-state index < -0.39 is 0 Å². The van der Waals surface area contributed by atoms with Gasteiger partial charge in [-0.15, -0.1) is 6.58 Å². The fourth-order valence-electron chi connectivity index (χ4n) is 1.95. The first-order valence-electron chi connectivity index (χ1n) is 6.47. The van der Waals surface area contributed by atoms with E-state index in [1.807, 2.05) is 0 Å². The van der Waals surface area contributed by atoms with Gasteiger partial charge in [0, 0.05) is 31.7 Å². The Balaban J connectivity index is 2.26. The lowest BCUT2D eigenvalue weighted by atomic mass is 10.0. The molecule has 0 radical (unpaired) electrons. The van der Waals surface area contributed by atoms with Gasteiger partial charge in [0.05, 0.1) is 19.8 Å². The Bertz CT molecular complexity index is 273. The average Bonchev–Trinajstić information content (AvgIpc) is 2.38. The lowest BCUT2D eigenvalue weighted by Gasteiger charge is -2.40. The molecule has 0 spiro atoms. The Morgan fingerprint density at radius 2 is 2.11 bits per heavy atom. The first-order valence-corrected chi connectivity index (χ1v) is 6.47. The minimum atomic E-state index is -0.0299. The third kappa shape index (κ3) is 5.16. The van der Waals surface area contributed by atoms with Crippen molar-refractivity contribution in [2.24, 2.45) is 0 Å². The number of morpholine rings is 1. The van der Waals surface area contributed by atoms with E-state index >= 15 is 0 Å². The number of nitrogens with one attached hydrogen (secondary N) is 2. The fourth-order valence-corrected chi connectivity index (χ4v) is 1.95. The zero-order chi connectivity index (χ0) is 13.4. The SMILES string of the molecule is C=CCNCC(=O)NCC(C)(C)N1CCOCC1. The van der Waals surface area contributed by atoms with Crippen molar-refractivity contribution in [2.75, 3.05) is 45.9 Å². The van der Waals surface area contributed by atoms with Crippen LogP contribution in [-0.2, 0) is 9.53 Å². The van der Waals surface area contributed by atoms with Crippen molar-refractivity contribution >= 4 is 5.91 Å². The molecule has 18 heavy (non-hydrogen) atoms. The Morgan fingerprint density at radius 3 is 2.72 bits per heavy atom. The molecule has 1 amide bonds. The van der Waals surface area contributed by atoms with E-state index in [9.17, 15) is 4.79 Å². The van der Waals surface area contributed by atoms with E-state index in [-0.39, 0.29) is 11.4 Å². The van der Waals surface area contributed by atoms with Crippen LogP contribution in [0.1, 0.15) is 13.8 Å². The highest BCUT2D eigenvalue weighted by atomic mass is 16.5. The van der Waals surface area contributed by atoms with Crippen LogP contribution in [0.3, 0.4) is 0 Å². The molecule has 5 nitrogen and oxygen atoms in total. The lowest BCUT2D eigenvalue weighted by Crippen LogP contribution is -2.55. The Hall–Kier alpha value is -0.910. The zero-order valence-corrected chi connectivity index (χ0v) is 11.5. The minimum absolute atomic E-state index is 0.0261. The van der Waals surface area contributed by atoms with Gasteiger partial charge in [0.15, 0.2) is 0 Å². The molecule has 1 rings (SSSR count). The molecule has 1 fully saturated rings. The molecule has 5 heteroatoms. The predicted octanol–water partition coefficient (Wildman–Crippen LogP) is -0.0110. The molecule has 1 aliphatic heterocycles. The summed E-state index contributed by atoms with van der Waals surface area (Å²) >= 11 is 0. The summed E-state index contributed by atoms with van der Waals surface area (Å²) in [7, 11) is 0. The number of carbonyl (C=O) groups excluding carboxylic acids is 1. The molecule has 0 bridgehead atoms. The van der Waals surface area contributed by atoms with Gasteiger partial charge in [0.2, 0.25) is 5.91 Å². The second kappa shape index (κ2) is 7.51. The van der Waals surface area contributed by atoms with Crippen molar-refractivity contribution < 1.29 is 9.53 Å². The van der Waals surface area contributed by atoms with Crippen LogP contribution in [0.2, 0.25) is 0 Å². The topological polar surface area (TPSA) is 53.6 Å². The molecule has 104 valence electrons. The molecule has 0 atom stereocenters. The van der Waals surface area contributed by atoms with E-state index in [2.05, 4.69) is 36.0 Å². The molecular weight excluding hydrogens is 230 g/mol. The van der Waals surface area contributed by atoms with Crippen molar-refractivity contribution in [3.05, 3.63) is 12.7 Å². The van der Waals surface area contributed by atoms with Gasteiger partial charge < -0.3 is 15.4 Å². The molecule has 2 N–H and O–H groups in total. The Labute approximate surface area is 110 Å². The summed E-state index contributed by atoms with van der Waals surface area (Å²) < 4.78 is 5.34. The van der Waals surface area contributed by atoms with Gasteiger partial charge in [-0.25, -0.2) is 0 Å². The van der Waals surface area contributed by atoms with E-state index in [1.165, 1.54) is 0 Å². The van der Waals surface area contributed by atoms with E-state index in [0.29, 0.717) is 19.6 Å². The summed E-state index contributed by atoms with van der Waals surface area (Å²) in [5.74, 6) is 0.0261. The number of rotatable bonds is 7. The van der Waals surface area contributed by atoms with Crippen molar-refractivity contribution in [3.63, 3.8) is 0 Å². The number of hydrogen-bond donors (Lipinski definition) is 2. The Kier molecular flexibility index (Phi) is 6.32. The zero-order valence-electron chi connectivity index (χ0n) is 11.5. The second-order valence-electron chi connectivity index (χ2n) is 5.11. The normalized spacial score (nSPS) is 17.4. The summed E-state index contributed by atoms with van der Waals surface area (Å²) in [6.45, 7) is 12.9. The van der Waals surface area contributed by atoms with Gasteiger partial charge >= 0.3 is 0 Å². The van der Waals surface area contributed by atoms with E-state index in [1.54, 1.807) is 6.08 Å². The summed E-state index contributed by atoms with van der Waals surface area (Å²) in [6, 6.07) is 0. The highest BCUT2D eigenvalue weighted by Crippen LogP contribution is 2.14. The molecule has 1 saturated heterocycles. The summed E-state index contributed by atoms with van der Waals surface area (Å²) in [5.41, 5.74) is -0.0299. The van der Waals surface area contributed by atoms with Crippen LogP contribution < -0.4 is 10.6 Å². The lowest BCUT2D eigenvalue weighted by molar-refractivity contribution is -0.121. The van der Waals surface area contributed by atoms with Crippen LogP contribution >= 0.6 is 0 Å². The van der Waals surface area contributed by atoms with Crippen LogP contribution in [0.4, 0.5) is 0 Å². The molecule has 0 aliphatic carbocycles. The molecule has 0 saturated carbocycles. The molecular formula is C13H25N3O2. The average molecular weight is 255 g/mol. The van der Waals surface area contributed by atoms with Gasteiger partial charge in [-0.05, 0) is 13.8 Å². The monoisotopic (exact) mass is 255 g/mol. The number of carbonyl (C=O) groups is 1. The van der Waals surface area contributed by atoms with Gasteiger partial charge in [-0.2, -0.15) is 0 Å². The van der Waals surface area contributed by atoms with Crippen LogP contribution in [0.25, 0.3) is 0 Å². The van der Waals surface area contributed by atoms with Crippen LogP contribution in [0.15, 0.2) is 12.7 Å². The van der Waals surface area contributed by atoms with E-state index in [0.717, 1.165) is 26.3 Å². The van der Waals surface area contributed by atoms with Gasteiger partial charge in [0.1, 0.15) is 0 Å².